The minimum Gasteiger partial charge on any atom is -0.478 e. The van der Waals surface area contributed by atoms with Gasteiger partial charge in [0.1, 0.15) is 0 Å². The van der Waals surface area contributed by atoms with E-state index in [1.54, 1.807) is 0 Å². The van der Waals surface area contributed by atoms with Crippen LogP contribution < -0.4 is 5.73 Å². The van der Waals surface area contributed by atoms with Crippen LogP contribution in [0.15, 0.2) is 23.6 Å². The second kappa shape index (κ2) is 4.54. The Balaban J connectivity index is 2.45. The fourth-order valence-corrected chi connectivity index (χ4v) is 2.13. The van der Waals surface area contributed by atoms with Crippen LogP contribution in [0.2, 0.25) is 0 Å². The summed E-state index contributed by atoms with van der Waals surface area (Å²) in [5.41, 5.74) is 5.69. The van der Waals surface area contributed by atoms with E-state index in [4.69, 9.17) is 10.8 Å². The van der Waals surface area contributed by atoms with Gasteiger partial charge in [0.15, 0.2) is 5.01 Å². The molecule has 0 fully saturated rings. The molecule has 1 aromatic heterocycles. The Kier molecular flexibility index (Phi) is 3.19. The van der Waals surface area contributed by atoms with Gasteiger partial charge in [0.25, 0.3) is 0 Å². The first-order valence-corrected chi connectivity index (χ1v) is 5.83. The third-order valence-corrected chi connectivity index (χ3v) is 3.21. The Morgan fingerprint density at radius 1 is 1.37 bits per heavy atom. The number of alkyl halides is 3. The first-order chi connectivity index (χ1) is 8.79. The van der Waals surface area contributed by atoms with Crippen molar-refractivity contribution in [2.24, 2.45) is 0 Å². The molecule has 0 aliphatic rings. The number of thiazole rings is 1. The number of nitrogen functional groups attached to an aromatic ring is 1. The fourth-order valence-electron chi connectivity index (χ4n) is 1.44. The normalized spacial score (nSPS) is 11.5. The highest BCUT2D eigenvalue weighted by atomic mass is 32.1. The summed E-state index contributed by atoms with van der Waals surface area (Å²) in [6.07, 6.45) is -4.51. The largest absolute Gasteiger partial charge is 0.478 e. The number of nitrogens with zero attached hydrogens (tertiary/aromatic N) is 1. The molecule has 1 aromatic carbocycles. The molecule has 2 aromatic rings. The molecule has 2 rings (SSSR count). The molecule has 0 aliphatic heterocycles. The molecule has 0 saturated carbocycles. The Labute approximate surface area is 109 Å². The summed E-state index contributed by atoms with van der Waals surface area (Å²) < 4.78 is 37.3. The van der Waals surface area contributed by atoms with Crippen LogP contribution >= 0.6 is 11.3 Å². The molecule has 0 radical (unpaired) electrons. The van der Waals surface area contributed by atoms with Gasteiger partial charge in [0.05, 0.1) is 11.3 Å². The number of carboxylic acids is 1. The Morgan fingerprint density at radius 3 is 2.58 bits per heavy atom. The van der Waals surface area contributed by atoms with E-state index < -0.39 is 17.2 Å². The van der Waals surface area contributed by atoms with Crippen molar-refractivity contribution in [1.82, 2.24) is 4.98 Å². The van der Waals surface area contributed by atoms with Gasteiger partial charge in [-0.2, -0.15) is 13.2 Å². The number of anilines is 1. The molecule has 1 heterocycles. The van der Waals surface area contributed by atoms with Crippen LogP contribution in [-0.2, 0) is 6.18 Å². The SMILES string of the molecule is Nc1ccc(-c2csc(C(F)(F)F)n2)cc1C(=O)O. The van der Waals surface area contributed by atoms with Gasteiger partial charge >= 0.3 is 12.1 Å². The van der Waals surface area contributed by atoms with Crippen LogP contribution in [0.4, 0.5) is 18.9 Å². The molecule has 8 heteroatoms. The maximum atomic E-state index is 12.4. The van der Waals surface area contributed by atoms with Gasteiger partial charge in [-0.25, -0.2) is 9.78 Å². The van der Waals surface area contributed by atoms with Crippen molar-refractivity contribution in [3.8, 4) is 11.3 Å². The molecule has 100 valence electrons. The van der Waals surface area contributed by atoms with Crippen molar-refractivity contribution >= 4 is 23.0 Å². The number of halogens is 3. The molecule has 0 unspecified atom stereocenters. The summed E-state index contributed by atoms with van der Waals surface area (Å²) in [7, 11) is 0. The second-order valence-corrected chi connectivity index (χ2v) is 4.50. The lowest BCUT2D eigenvalue weighted by molar-refractivity contribution is -0.137. The Hall–Kier alpha value is -2.09. The zero-order valence-electron chi connectivity index (χ0n) is 9.23. The highest BCUT2D eigenvalue weighted by molar-refractivity contribution is 7.10. The van der Waals surface area contributed by atoms with Gasteiger partial charge in [-0.3, -0.25) is 0 Å². The predicted molar refractivity (Wildman–Crippen MR) is 63.9 cm³/mol. The van der Waals surface area contributed by atoms with Crippen LogP contribution in [0, 0.1) is 0 Å². The molecule has 0 bridgehead atoms. The maximum Gasteiger partial charge on any atom is 0.443 e. The zero-order valence-corrected chi connectivity index (χ0v) is 10.0. The number of hydrogen-bond acceptors (Lipinski definition) is 4. The number of carboxylic acid groups (broad SMARTS) is 1. The number of nitrogens with two attached hydrogens (primary N) is 1. The topological polar surface area (TPSA) is 76.2 Å². The molecule has 0 atom stereocenters. The highest BCUT2D eigenvalue weighted by Gasteiger charge is 2.34. The van der Waals surface area contributed by atoms with E-state index in [2.05, 4.69) is 4.98 Å². The van der Waals surface area contributed by atoms with Gasteiger partial charge in [0.2, 0.25) is 0 Å². The van der Waals surface area contributed by atoms with E-state index >= 15 is 0 Å². The lowest BCUT2D eigenvalue weighted by Crippen LogP contribution is -2.04. The van der Waals surface area contributed by atoms with Crippen molar-refractivity contribution in [3.63, 3.8) is 0 Å². The smallest absolute Gasteiger partial charge is 0.443 e. The number of aromatic carboxylic acids is 1. The Bertz CT molecular complexity index is 637. The molecular formula is C11H7F3N2O2S. The summed E-state index contributed by atoms with van der Waals surface area (Å²) in [5, 5.41) is 9.14. The number of carbonyl (C=O) groups is 1. The quantitative estimate of drug-likeness (QED) is 0.832. The minimum absolute atomic E-state index is 0.0440. The van der Waals surface area contributed by atoms with Crippen molar-refractivity contribution in [3.05, 3.63) is 34.2 Å². The molecular weight excluding hydrogens is 281 g/mol. The standard InChI is InChI=1S/C11H7F3N2O2S/c12-11(13,14)10-16-8(4-19-10)5-1-2-7(15)6(3-5)9(17)18/h1-4H,15H2,(H,17,18). The van der Waals surface area contributed by atoms with Gasteiger partial charge in [-0.15, -0.1) is 11.3 Å². The van der Waals surface area contributed by atoms with Gasteiger partial charge < -0.3 is 10.8 Å². The number of benzene rings is 1. The van der Waals surface area contributed by atoms with Crippen LogP contribution in [0.25, 0.3) is 11.3 Å². The van der Waals surface area contributed by atoms with Gasteiger partial charge in [0, 0.05) is 16.6 Å². The lowest BCUT2D eigenvalue weighted by Gasteiger charge is -2.03. The monoisotopic (exact) mass is 288 g/mol. The van der Waals surface area contributed by atoms with E-state index in [1.165, 1.54) is 23.6 Å². The van der Waals surface area contributed by atoms with Crippen LogP contribution in [0.5, 0.6) is 0 Å². The Morgan fingerprint density at radius 2 is 2.05 bits per heavy atom. The number of hydrogen-bond donors (Lipinski definition) is 2. The molecule has 0 saturated heterocycles. The lowest BCUT2D eigenvalue weighted by atomic mass is 10.1. The third kappa shape index (κ3) is 2.68. The number of aromatic nitrogens is 1. The highest BCUT2D eigenvalue weighted by Crippen LogP contribution is 2.34. The van der Waals surface area contributed by atoms with E-state index in [9.17, 15) is 18.0 Å². The van der Waals surface area contributed by atoms with Gasteiger partial charge in [-0.1, -0.05) is 6.07 Å². The number of rotatable bonds is 2. The molecule has 0 aliphatic carbocycles. The summed E-state index contributed by atoms with van der Waals surface area (Å²) in [6, 6.07) is 3.95. The molecule has 19 heavy (non-hydrogen) atoms. The first kappa shape index (κ1) is 13.3. The molecule has 3 N–H and O–H groups in total. The molecule has 0 spiro atoms. The first-order valence-electron chi connectivity index (χ1n) is 4.95. The third-order valence-electron chi connectivity index (χ3n) is 2.33. The zero-order chi connectivity index (χ0) is 14.2. The average molecular weight is 288 g/mol. The van der Waals surface area contributed by atoms with Crippen molar-refractivity contribution in [2.75, 3.05) is 5.73 Å². The average Bonchev–Trinajstić information content (AvgIpc) is 2.78. The van der Waals surface area contributed by atoms with Crippen LogP contribution in [-0.4, -0.2) is 16.1 Å². The van der Waals surface area contributed by atoms with Gasteiger partial charge in [-0.05, 0) is 12.1 Å². The maximum absolute atomic E-state index is 12.4. The summed E-state index contributed by atoms with van der Waals surface area (Å²) in [6.45, 7) is 0. The van der Waals surface area contributed by atoms with Crippen molar-refractivity contribution in [2.45, 2.75) is 6.18 Å². The van der Waals surface area contributed by atoms with E-state index in [1.807, 2.05) is 0 Å². The summed E-state index contributed by atoms with van der Waals surface area (Å²) in [4.78, 5) is 14.3. The van der Waals surface area contributed by atoms with Crippen molar-refractivity contribution < 1.29 is 23.1 Å². The predicted octanol–water partition coefficient (Wildman–Crippen LogP) is 3.11. The molecule has 0 amide bonds. The van der Waals surface area contributed by atoms with E-state index in [0.29, 0.717) is 11.3 Å². The summed E-state index contributed by atoms with van der Waals surface area (Å²) in [5.74, 6) is -1.24. The van der Waals surface area contributed by atoms with E-state index in [-0.39, 0.29) is 22.5 Å². The second-order valence-electron chi connectivity index (χ2n) is 3.64. The fraction of sp³-hybridized carbons (Fsp3) is 0.0909. The minimum atomic E-state index is -4.51. The van der Waals surface area contributed by atoms with Crippen molar-refractivity contribution in [1.29, 1.82) is 0 Å². The molecule has 4 nitrogen and oxygen atoms in total. The van der Waals surface area contributed by atoms with E-state index in [0.717, 1.165) is 0 Å². The summed E-state index contributed by atoms with van der Waals surface area (Å²) >= 11 is 0.455. The van der Waals surface area contributed by atoms with Crippen LogP contribution in [0.1, 0.15) is 15.4 Å². The van der Waals surface area contributed by atoms with Crippen LogP contribution in [0.3, 0.4) is 0 Å².